The van der Waals surface area contributed by atoms with Crippen LogP contribution < -0.4 is 5.32 Å². The Balaban J connectivity index is 1.86. The number of amides is 2. The van der Waals surface area contributed by atoms with E-state index in [9.17, 15) is 9.59 Å². The molecule has 132 valence electrons. The van der Waals surface area contributed by atoms with E-state index in [0.717, 1.165) is 24.8 Å². The van der Waals surface area contributed by atoms with Crippen molar-refractivity contribution in [2.24, 2.45) is 11.8 Å². The normalized spacial score (nSPS) is 17.0. The molecule has 1 heterocycles. The van der Waals surface area contributed by atoms with Crippen molar-refractivity contribution in [2.75, 3.05) is 13.1 Å². The Morgan fingerprint density at radius 1 is 1.12 bits per heavy atom. The SMILES string of the molecule is CC(=O)N1CCC(C(=O)N[C@@H](C)c2ccc(CC(C)C)cc2)CC1. The number of carbonyl (C=O) groups excluding carboxylic acids is 2. The maximum atomic E-state index is 12.5. The van der Waals surface area contributed by atoms with Gasteiger partial charge in [0.1, 0.15) is 0 Å². The molecule has 1 N–H and O–H groups in total. The molecular formula is C20H30N2O2. The van der Waals surface area contributed by atoms with Gasteiger partial charge in [-0.25, -0.2) is 0 Å². The van der Waals surface area contributed by atoms with Crippen LogP contribution in [0.2, 0.25) is 0 Å². The molecule has 1 saturated heterocycles. The molecule has 1 aromatic rings. The van der Waals surface area contributed by atoms with Gasteiger partial charge in [-0.3, -0.25) is 9.59 Å². The number of nitrogens with one attached hydrogen (secondary N) is 1. The van der Waals surface area contributed by atoms with Crippen LogP contribution in [0.3, 0.4) is 0 Å². The first-order valence-electron chi connectivity index (χ1n) is 9.01. The number of hydrogen-bond acceptors (Lipinski definition) is 2. The van der Waals surface area contributed by atoms with Crippen molar-refractivity contribution in [1.82, 2.24) is 10.2 Å². The minimum Gasteiger partial charge on any atom is -0.349 e. The van der Waals surface area contributed by atoms with Gasteiger partial charge in [-0.1, -0.05) is 38.1 Å². The standard InChI is InChI=1S/C20H30N2O2/c1-14(2)13-17-5-7-18(8-6-17)15(3)21-20(24)19-9-11-22(12-10-19)16(4)23/h5-8,14-15,19H,9-13H2,1-4H3,(H,21,24)/t15-/m0/s1. The van der Waals surface area contributed by atoms with Crippen LogP contribution in [-0.2, 0) is 16.0 Å². The second-order valence-electron chi connectivity index (χ2n) is 7.35. The average molecular weight is 330 g/mol. The van der Waals surface area contributed by atoms with Gasteiger partial charge < -0.3 is 10.2 Å². The topological polar surface area (TPSA) is 49.4 Å². The number of carbonyl (C=O) groups is 2. The molecule has 4 nitrogen and oxygen atoms in total. The molecule has 1 atom stereocenters. The third-order valence-corrected chi connectivity index (χ3v) is 4.79. The van der Waals surface area contributed by atoms with Gasteiger partial charge in [-0.05, 0) is 43.2 Å². The fraction of sp³-hybridized carbons (Fsp3) is 0.600. The average Bonchev–Trinajstić information content (AvgIpc) is 2.55. The molecule has 4 heteroatoms. The molecular weight excluding hydrogens is 300 g/mol. The number of likely N-dealkylation sites (tertiary alicyclic amines) is 1. The molecule has 1 aromatic carbocycles. The Labute approximate surface area is 145 Å². The number of nitrogens with zero attached hydrogens (tertiary/aromatic N) is 1. The Hall–Kier alpha value is -1.84. The van der Waals surface area contributed by atoms with Crippen molar-refractivity contribution in [2.45, 2.75) is 53.0 Å². The number of piperidine rings is 1. The first-order valence-corrected chi connectivity index (χ1v) is 9.01. The minimum absolute atomic E-state index is 0.0106. The summed E-state index contributed by atoms with van der Waals surface area (Å²) < 4.78 is 0. The highest BCUT2D eigenvalue weighted by molar-refractivity contribution is 5.80. The Bertz CT molecular complexity index is 558. The molecule has 0 aromatic heterocycles. The highest BCUT2D eigenvalue weighted by Gasteiger charge is 2.26. The maximum absolute atomic E-state index is 12.5. The smallest absolute Gasteiger partial charge is 0.223 e. The number of benzene rings is 1. The zero-order chi connectivity index (χ0) is 17.7. The third kappa shape index (κ3) is 5.08. The molecule has 1 aliphatic heterocycles. The highest BCUT2D eigenvalue weighted by atomic mass is 16.2. The summed E-state index contributed by atoms with van der Waals surface area (Å²) in [6.45, 7) is 9.42. The molecule has 0 aliphatic carbocycles. The summed E-state index contributed by atoms with van der Waals surface area (Å²) in [4.78, 5) is 25.6. The van der Waals surface area contributed by atoms with E-state index < -0.39 is 0 Å². The molecule has 24 heavy (non-hydrogen) atoms. The first kappa shape index (κ1) is 18.5. The van der Waals surface area contributed by atoms with Gasteiger partial charge in [-0.15, -0.1) is 0 Å². The van der Waals surface area contributed by atoms with Gasteiger partial charge in [0.25, 0.3) is 0 Å². The van der Waals surface area contributed by atoms with Crippen LogP contribution in [0.25, 0.3) is 0 Å². The Kier molecular flexibility index (Phi) is 6.41. The van der Waals surface area contributed by atoms with E-state index in [4.69, 9.17) is 0 Å². The van der Waals surface area contributed by atoms with E-state index >= 15 is 0 Å². The zero-order valence-electron chi connectivity index (χ0n) is 15.3. The van der Waals surface area contributed by atoms with E-state index in [1.807, 2.05) is 11.8 Å². The van der Waals surface area contributed by atoms with E-state index in [2.05, 4.69) is 43.4 Å². The van der Waals surface area contributed by atoms with Crippen molar-refractivity contribution in [3.05, 3.63) is 35.4 Å². The number of hydrogen-bond donors (Lipinski definition) is 1. The molecule has 2 amide bonds. The fourth-order valence-corrected chi connectivity index (χ4v) is 3.28. The Morgan fingerprint density at radius 2 is 1.71 bits per heavy atom. The second-order valence-corrected chi connectivity index (χ2v) is 7.35. The lowest BCUT2D eigenvalue weighted by Gasteiger charge is -2.31. The molecule has 0 radical (unpaired) electrons. The van der Waals surface area contributed by atoms with Crippen LogP contribution >= 0.6 is 0 Å². The second kappa shape index (κ2) is 8.32. The Morgan fingerprint density at radius 3 is 2.21 bits per heavy atom. The summed E-state index contributed by atoms with van der Waals surface area (Å²) in [5.41, 5.74) is 2.47. The van der Waals surface area contributed by atoms with Crippen LogP contribution in [0.4, 0.5) is 0 Å². The molecule has 0 unspecified atom stereocenters. The van der Waals surface area contributed by atoms with Crippen molar-refractivity contribution in [1.29, 1.82) is 0 Å². The predicted molar refractivity (Wildman–Crippen MR) is 96.5 cm³/mol. The van der Waals surface area contributed by atoms with Crippen molar-refractivity contribution >= 4 is 11.8 Å². The molecule has 1 aliphatic rings. The third-order valence-electron chi connectivity index (χ3n) is 4.79. The summed E-state index contributed by atoms with van der Waals surface area (Å²) in [6, 6.07) is 8.55. The molecule has 0 saturated carbocycles. The van der Waals surface area contributed by atoms with Gasteiger partial charge in [0, 0.05) is 25.9 Å². The summed E-state index contributed by atoms with van der Waals surface area (Å²) in [6.07, 6.45) is 2.59. The van der Waals surface area contributed by atoms with Gasteiger partial charge >= 0.3 is 0 Å². The van der Waals surface area contributed by atoms with Crippen molar-refractivity contribution < 1.29 is 9.59 Å². The predicted octanol–water partition coefficient (Wildman–Crippen LogP) is 3.32. The van der Waals surface area contributed by atoms with E-state index in [0.29, 0.717) is 19.0 Å². The van der Waals surface area contributed by atoms with Crippen LogP contribution in [0.1, 0.15) is 57.7 Å². The van der Waals surface area contributed by atoms with Crippen LogP contribution in [-0.4, -0.2) is 29.8 Å². The van der Waals surface area contributed by atoms with Gasteiger partial charge in [0.05, 0.1) is 6.04 Å². The summed E-state index contributed by atoms with van der Waals surface area (Å²) >= 11 is 0. The first-order chi connectivity index (χ1) is 11.4. The lowest BCUT2D eigenvalue weighted by molar-refractivity contribution is -0.134. The van der Waals surface area contributed by atoms with Crippen LogP contribution in [0.5, 0.6) is 0 Å². The van der Waals surface area contributed by atoms with Crippen molar-refractivity contribution in [3.63, 3.8) is 0 Å². The minimum atomic E-state index is 0.0106. The summed E-state index contributed by atoms with van der Waals surface area (Å²) in [7, 11) is 0. The van der Waals surface area contributed by atoms with Crippen LogP contribution in [0.15, 0.2) is 24.3 Å². The lowest BCUT2D eigenvalue weighted by Crippen LogP contribution is -2.42. The van der Waals surface area contributed by atoms with Crippen molar-refractivity contribution in [3.8, 4) is 0 Å². The largest absolute Gasteiger partial charge is 0.349 e. The zero-order valence-corrected chi connectivity index (χ0v) is 15.3. The molecule has 1 fully saturated rings. The van der Waals surface area contributed by atoms with Gasteiger partial charge in [0.15, 0.2) is 0 Å². The lowest BCUT2D eigenvalue weighted by atomic mass is 9.95. The van der Waals surface area contributed by atoms with E-state index in [1.54, 1.807) is 6.92 Å². The van der Waals surface area contributed by atoms with Gasteiger partial charge in [0.2, 0.25) is 11.8 Å². The number of rotatable bonds is 5. The molecule has 0 bridgehead atoms. The van der Waals surface area contributed by atoms with Crippen LogP contribution in [0, 0.1) is 11.8 Å². The van der Waals surface area contributed by atoms with E-state index in [-0.39, 0.29) is 23.8 Å². The fourth-order valence-electron chi connectivity index (χ4n) is 3.28. The summed E-state index contributed by atoms with van der Waals surface area (Å²) in [5.74, 6) is 0.873. The van der Waals surface area contributed by atoms with E-state index in [1.165, 1.54) is 5.56 Å². The molecule has 2 rings (SSSR count). The maximum Gasteiger partial charge on any atom is 0.223 e. The monoisotopic (exact) mass is 330 g/mol. The quantitative estimate of drug-likeness (QED) is 0.900. The summed E-state index contributed by atoms with van der Waals surface area (Å²) in [5, 5.41) is 3.13. The highest BCUT2D eigenvalue weighted by Crippen LogP contribution is 2.20. The molecule has 0 spiro atoms. The van der Waals surface area contributed by atoms with Gasteiger partial charge in [-0.2, -0.15) is 0 Å².